The monoisotopic (exact) mass is 307 g/mol. The van der Waals surface area contributed by atoms with Crippen LogP contribution in [0.3, 0.4) is 0 Å². The molecule has 0 bridgehead atoms. The van der Waals surface area contributed by atoms with E-state index in [9.17, 15) is 18.3 Å². The molecule has 1 saturated heterocycles. The molecule has 2 rings (SSSR count). The number of aliphatic hydroxyl groups excluding tert-OH is 1. The average molecular weight is 308 g/mol. The Morgan fingerprint density at radius 1 is 1.35 bits per heavy atom. The lowest BCUT2D eigenvalue weighted by Gasteiger charge is -2.32. The summed E-state index contributed by atoms with van der Waals surface area (Å²) in [5.41, 5.74) is -0.187. The van der Waals surface area contributed by atoms with Crippen molar-refractivity contribution < 1.29 is 18.3 Å². The lowest BCUT2D eigenvalue weighted by Crippen LogP contribution is -2.36. The van der Waals surface area contributed by atoms with E-state index in [1.807, 2.05) is 4.90 Å². The van der Waals surface area contributed by atoms with Crippen molar-refractivity contribution in [3.8, 4) is 0 Å². The van der Waals surface area contributed by atoms with E-state index in [0.717, 1.165) is 31.5 Å². The van der Waals surface area contributed by atoms with Gasteiger partial charge in [-0.2, -0.15) is 13.2 Å². The van der Waals surface area contributed by atoms with Crippen LogP contribution in [0.4, 0.5) is 13.2 Å². The van der Waals surface area contributed by atoms with E-state index >= 15 is 0 Å². The number of aliphatic hydroxyl groups is 1. The summed E-state index contributed by atoms with van der Waals surface area (Å²) in [6.07, 6.45) is -2.44. The van der Waals surface area contributed by atoms with Crippen molar-refractivity contribution in [3.63, 3.8) is 0 Å². The van der Waals surface area contributed by atoms with Gasteiger partial charge in [0.15, 0.2) is 0 Å². The number of rotatable bonds is 3. The highest BCUT2D eigenvalue weighted by Crippen LogP contribution is 2.32. The molecule has 0 aliphatic carbocycles. The van der Waals surface area contributed by atoms with Crippen LogP contribution in [0.2, 0.25) is 5.02 Å². The molecule has 0 saturated carbocycles. The molecule has 1 heterocycles. The number of piperidine rings is 1. The summed E-state index contributed by atoms with van der Waals surface area (Å²) in [7, 11) is 0. The largest absolute Gasteiger partial charge is 0.416 e. The van der Waals surface area contributed by atoms with Gasteiger partial charge in [0, 0.05) is 24.7 Å². The van der Waals surface area contributed by atoms with Crippen LogP contribution in [-0.4, -0.2) is 29.7 Å². The number of nitrogens with zero attached hydrogens (tertiary/aromatic N) is 1. The maximum Gasteiger partial charge on any atom is 0.416 e. The molecule has 1 fully saturated rings. The second-order valence-corrected chi connectivity index (χ2v) is 5.64. The highest BCUT2D eigenvalue weighted by molar-refractivity contribution is 6.31. The van der Waals surface area contributed by atoms with E-state index < -0.39 is 11.7 Å². The van der Waals surface area contributed by atoms with Crippen LogP contribution < -0.4 is 0 Å². The zero-order valence-electron chi connectivity index (χ0n) is 11.0. The highest BCUT2D eigenvalue weighted by Gasteiger charge is 2.31. The van der Waals surface area contributed by atoms with Gasteiger partial charge in [0.2, 0.25) is 0 Å². The van der Waals surface area contributed by atoms with E-state index in [-0.39, 0.29) is 12.5 Å². The molecule has 0 amide bonds. The topological polar surface area (TPSA) is 23.5 Å². The smallest absolute Gasteiger partial charge is 0.396 e. The van der Waals surface area contributed by atoms with E-state index in [1.165, 1.54) is 6.07 Å². The molecule has 0 radical (unpaired) electrons. The molecule has 1 aliphatic heterocycles. The predicted molar refractivity (Wildman–Crippen MR) is 71.5 cm³/mol. The molecule has 2 nitrogen and oxygen atoms in total. The van der Waals surface area contributed by atoms with Crippen molar-refractivity contribution in [2.24, 2.45) is 5.92 Å². The summed E-state index contributed by atoms with van der Waals surface area (Å²) in [5.74, 6) is 0.202. The van der Waals surface area contributed by atoms with E-state index in [4.69, 9.17) is 11.6 Å². The summed E-state index contributed by atoms with van der Waals surface area (Å²) >= 11 is 5.99. The molecule has 112 valence electrons. The second-order valence-electron chi connectivity index (χ2n) is 5.23. The third-order valence-corrected chi connectivity index (χ3v) is 4.00. The molecule has 1 N–H and O–H groups in total. The zero-order valence-corrected chi connectivity index (χ0v) is 11.7. The van der Waals surface area contributed by atoms with E-state index in [0.29, 0.717) is 23.7 Å². The van der Waals surface area contributed by atoms with Crippen LogP contribution in [0.25, 0.3) is 0 Å². The molecule has 1 atom stereocenters. The molecule has 0 spiro atoms. The minimum Gasteiger partial charge on any atom is -0.396 e. The minimum atomic E-state index is -4.35. The fourth-order valence-corrected chi connectivity index (χ4v) is 2.73. The third kappa shape index (κ3) is 3.87. The quantitative estimate of drug-likeness (QED) is 0.923. The first-order valence-corrected chi connectivity index (χ1v) is 6.97. The van der Waals surface area contributed by atoms with Gasteiger partial charge in [0.05, 0.1) is 5.56 Å². The molecule has 20 heavy (non-hydrogen) atoms. The highest BCUT2D eigenvalue weighted by atomic mass is 35.5. The van der Waals surface area contributed by atoms with Gasteiger partial charge in [-0.1, -0.05) is 11.6 Å². The Bertz CT molecular complexity index is 464. The Kier molecular flexibility index (Phi) is 4.94. The first kappa shape index (κ1) is 15.6. The minimum absolute atomic E-state index is 0.118. The van der Waals surface area contributed by atoms with Crippen molar-refractivity contribution >= 4 is 11.6 Å². The number of benzene rings is 1. The summed E-state index contributed by atoms with van der Waals surface area (Å²) in [5, 5.41) is 9.53. The fraction of sp³-hybridized carbons (Fsp3) is 0.571. The van der Waals surface area contributed by atoms with Crippen molar-refractivity contribution in [3.05, 3.63) is 34.3 Å². The standard InChI is InChI=1S/C14H17ClF3NO/c15-13-4-3-12(14(16,17)18)6-11(13)8-19-5-1-2-10(7-19)9-20/h3-4,6,10,20H,1-2,5,7-9H2. The van der Waals surface area contributed by atoms with Gasteiger partial charge in [0.1, 0.15) is 0 Å². The summed E-state index contributed by atoms with van der Waals surface area (Å²) in [6.45, 7) is 2.03. The zero-order chi connectivity index (χ0) is 14.8. The molecule has 1 unspecified atom stereocenters. The summed E-state index contributed by atoms with van der Waals surface area (Å²) in [4.78, 5) is 2.05. The summed E-state index contributed by atoms with van der Waals surface area (Å²) in [6, 6.07) is 3.41. The van der Waals surface area contributed by atoms with Crippen LogP contribution in [0.15, 0.2) is 18.2 Å². The lowest BCUT2D eigenvalue weighted by molar-refractivity contribution is -0.137. The van der Waals surface area contributed by atoms with Gasteiger partial charge >= 0.3 is 6.18 Å². The number of likely N-dealkylation sites (tertiary alicyclic amines) is 1. The number of hydrogen-bond acceptors (Lipinski definition) is 2. The van der Waals surface area contributed by atoms with Crippen molar-refractivity contribution in [1.29, 1.82) is 0 Å². The van der Waals surface area contributed by atoms with Crippen LogP contribution >= 0.6 is 11.6 Å². The molecule has 1 aromatic carbocycles. The van der Waals surface area contributed by atoms with Crippen molar-refractivity contribution in [2.75, 3.05) is 19.7 Å². The van der Waals surface area contributed by atoms with Gasteiger partial charge < -0.3 is 5.11 Å². The normalized spacial score (nSPS) is 21.1. The maximum absolute atomic E-state index is 12.7. The number of alkyl halides is 3. The molecule has 1 aliphatic rings. The Morgan fingerprint density at radius 2 is 2.10 bits per heavy atom. The van der Waals surface area contributed by atoms with Crippen molar-refractivity contribution in [2.45, 2.75) is 25.6 Å². The molecule has 0 aromatic heterocycles. The van der Waals surface area contributed by atoms with Gasteiger partial charge in [-0.15, -0.1) is 0 Å². The lowest BCUT2D eigenvalue weighted by atomic mass is 9.98. The maximum atomic E-state index is 12.7. The number of hydrogen-bond donors (Lipinski definition) is 1. The Balaban J connectivity index is 2.12. The van der Waals surface area contributed by atoms with Gasteiger partial charge in [-0.05, 0) is 49.1 Å². The Hall–Kier alpha value is -0.780. The molecule has 6 heteroatoms. The predicted octanol–water partition coefficient (Wildman–Crippen LogP) is 3.56. The Labute approximate surface area is 121 Å². The van der Waals surface area contributed by atoms with Crippen molar-refractivity contribution in [1.82, 2.24) is 4.90 Å². The third-order valence-electron chi connectivity index (χ3n) is 3.63. The first-order valence-electron chi connectivity index (χ1n) is 6.59. The van der Waals surface area contributed by atoms with Crippen LogP contribution in [0, 0.1) is 5.92 Å². The number of halogens is 4. The van der Waals surface area contributed by atoms with Gasteiger partial charge in [-0.3, -0.25) is 4.90 Å². The Morgan fingerprint density at radius 3 is 2.75 bits per heavy atom. The van der Waals surface area contributed by atoms with Gasteiger partial charge in [-0.25, -0.2) is 0 Å². The SMILES string of the molecule is OCC1CCCN(Cc2cc(C(F)(F)F)ccc2Cl)C1. The molecular weight excluding hydrogens is 291 g/mol. The second kappa shape index (κ2) is 6.33. The first-order chi connectivity index (χ1) is 9.40. The van der Waals surface area contributed by atoms with Crippen LogP contribution in [-0.2, 0) is 12.7 Å². The average Bonchev–Trinajstić information content (AvgIpc) is 2.40. The van der Waals surface area contributed by atoms with E-state index in [1.54, 1.807) is 0 Å². The fourth-order valence-electron chi connectivity index (χ4n) is 2.56. The summed E-state index contributed by atoms with van der Waals surface area (Å²) < 4.78 is 38.1. The van der Waals surface area contributed by atoms with Crippen LogP contribution in [0.1, 0.15) is 24.0 Å². The van der Waals surface area contributed by atoms with Gasteiger partial charge in [0.25, 0.3) is 0 Å². The molecular formula is C14H17ClF3NO. The van der Waals surface area contributed by atoms with Crippen LogP contribution in [0.5, 0.6) is 0 Å². The molecule has 1 aromatic rings. The van der Waals surface area contributed by atoms with E-state index in [2.05, 4.69) is 0 Å².